The maximum atomic E-state index is 15.3. The number of nitrogens with zero attached hydrogens (tertiary/aromatic N) is 5. The number of piperidine rings is 1. The van der Waals surface area contributed by atoms with Crippen LogP contribution in [-0.2, 0) is 11.0 Å². The molecule has 3 fully saturated rings. The fraction of sp³-hybridized carbons (Fsp3) is 0.375. The van der Waals surface area contributed by atoms with Crippen molar-refractivity contribution in [2.75, 3.05) is 18.0 Å². The highest BCUT2D eigenvalue weighted by atomic mass is 19.4. The zero-order chi connectivity index (χ0) is 37.8. The van der Waals surface area contributed by atoms with Gasteiger partial charge in [0, 0.05) is 61.5 Å². The van der Waals surface area contributed by atoms with E-state index in [2.05, 4.69) is 25.2 Å². The van der Waals surface area contributed by atoms with Crippen molar-refractivity contribution >= 4 is 28.7 Å². The fourth-order valence-corrected chi connectivity index (χ4v) is 8.83. The minimum Gasteiger partial charge on any atom is -0.490 e. The van der Waals surface area contributed by atoms with Gasteiger partial charge in [-0.3, -0.25) is 4.79 Å². The first kappa shape index (κ1) is 35.5. The van der Waals surface area contributed by atoms with E-state index in [0.29, 0.717) is 61.4 Å². The molecule has 10 nitrogen and oxygen atoms in total. The van der Waals surface area contributed by atoms with Crippen LogP contribution in [0.15, 0.2) is 79.3 Å². The van der Waals surface area contributed by atoms with E-state index < -0.39 is 40.7 Å². The molecule has 1 amide bonds. The molecule has 2 aliphatic carbocycles. The van der Waals surface area contributed by atoms with Gasteiger partial charge in [-0.15, -0.1) is 0 Å². The fourth-order valence-electron chi connectivity index (χ4n) is 8.83. The molecule has 8 rings (SSSR count). The molecule has 4 atom stereocenters. The highest BCUT2D eigenvalue weighted by Crippen LogP contribution is 2.51. The zero-order valence-electron chi connectivity index (χ0n) is 29.4. The third-order valence-corrected chi connectivity index (χ3v) is 11.2. The maximum Gasteiger partial charge on any atom is 0.434 e. The SMILES string of the molecule is CC1CC2CC(C1)C(NC(=O)c1ccc(-c3cn(-c4ccccc4F)c4cc(OC5CCN(c6ncccn6)CC5)ccc34)nc1C(F)(F)F)(C(=O)O)C2. The number of amides is 1. The van der Waals surface area contributed by atoms with Gasteiger partial charge in [0.05, 0.1) is 22.5 Å². The Balaban J connectivity index is 1.13. The number of para-hydroxylation sites is 1. The Morgan fingerprint density at radius 1 is 0.981 bits per heavy atom. The molecule has 3 aromatic heterocycles. The average molecular weight is 743 g/mol. The van der Waals surface area contributed by atoms with Crippen molar-refractivity contribution in [3.8, 4) is 22.7 Å². The van der Waals surface area contributed by atoms with E-state index in [0.717, 1.165) is 12.5 Å². The number of carboxylic acid groups (broad SMARTS) is 1. The molecule has 2 N–H and O–H groups in total. The molecule has 5 aromatic rings. The minimum atomic E-state index is -5.05. The van der Waals surface area contributed by atoms with Gasteiger partial charge >= 0.3 is 12.1 Å². The Morgan fingerprint density at radius 3 is 2.46 bits per heavy atom. The first-order valence-corrected chi connectivity index (χ1v) is 18.1. The summed E-state index contributed by atoms with van der Waals surface area (Å²) in [4.78, 5) is 41.0. The number of nitrogens with one attached hydrogen (secondary N) is 1. The molecule has 2 saturated carbocycles. The predicted octanol–water partition coefficient (Wildman–Crippen LogP) is 7.70. The van der Waals surface area contributed by atoms with Crippen LogP contribution in [0.2, 0.25) is 0 Å². The smallest absolute Gasteiger partial charge is 0.434 e. The van der Waals surface area contributed by atoms with Crippen molar-refractivity contribution in [2.45, 2.75) is 63.3 Å². The van der Waals surface area contributed by atoms with Gasteiger partial charge in [0.1, 0.15) is 23.2 Å². The first-order chi connectivity index (χ1) is 25.9. The summed E-state index contributed by atoms with van der Waals surface area (Å²) in [5.74, 6) is -1.83. The van der Waals surface area contributed by atoms with E-state index >= 15 is 4.39 Å². The molecule has 280 valence electrons. The van der Waals surface area contributed by atoms with Gasteiger partial charge < -0.3 is 24.6 Å². The monoisotopic (exact) mass is 742 g/mol. The van der Waals surface area contributed by atoms with Crippen LogP contribution < -0.4 is 15.0 Å². The Labute approximate surface area is 308 Å². The minimum absolute atomic E-state index is 0.0678. The quantitative estimate of drug-likeness (QED) is 0.155. The molecule has 4 heterocycles. The number of carboxylic acids is 1. The number of hydrogen-bond donors (Lipinski definition) is 2. The van der Waals surface area contributed by atoms with Gasteiger partial charge in [0.25, 0.3) is 5.91 Å². The van der Waals surface area contributed by atoms with E-state index in [1.807, 2.05) is 6.92 Å². The lowest BCUT2D eigenvalue weighted by atomic mass is 9.78. The van der Waals surface area contributed by atoms with Gasteiger partial charge in [-0.25, -0.2) is 24.1 Å². The number of benzene rings is 2. The summed E-state index contributed by atoms with van der Waals surface area (Å²) in [6.45, 7) is 3.39. The Morgan fingerprint density at radius 2 is 1.74 bits per heavy atom. The first-order valence-electron chi connectivity index (χ1n) is 18.1. The summed E-state index contributed by atoms with van der Waals surface area (Å²) in [6, 6.07) is 15.3. The van der Waals surface area contributed by atoms with Crippen molar-refractivity contribution in [3.05, 3.63) is 96.3 Å². The van der Waals surface area contributed by atoms with Crippen LogP contribution in [0.1, 0.15) is 61.5 Å². The number of carbonyl (C=O) groups is 2. The molecule has 0 spiro atoms. The van der Waals surface area contributed by atoms with Crippen LogP contribution in [0, 0.1) is 23.6 Å². The lowest BCUT2D eigenvalue weighted by Crippen LogP contribution is -2.57. The molecule has 2 bridgehead atoms. The number of halogens is 4. The van der Waals surface area contributed by atoms with Gasteiger partial charge in [0.15, 0.2) is 5.69 Å². The second-order valence-corrected chi connectivity index (χ2v) is 14.8. The highest BCUT2D eigenvalue weighted by Gasteiger charge is 2.56. The Kier molecular flexibility index (Phi) is 9.01. The normalized spacial score (nSPS) is 23.1. The van der Waals surface area contributed by atoms with E-state index in [1.165, 1.54) is 18.3 Å². The Hall–Kier alpha value is -5.53. The summed E-state index contributed by atoms with van der Waals surface area (Å²) >= 11 is 0. The standard InChI is InChI=1S/C40H38F4N6O4/c1-23-17-24-19-25(18-23)39(21-24,37(52)53)48-36(51)29-9-10-32(47-35(29)40(42,43)44)30-22-50(33-6-3-2-5-31(33)41)34-20-27(7-8-28(30)34)54-26-11-15-49(16-12-26)38-45-13-4-14-46-38/h2-10,13-14,20,22-26H,11-12,15-19,21H2,1H3,(H,48,51)(H,52,53). The Bertz CT molecular complexity index is 2220. The molecule has 0 radical (unpaired) electrons. The van der Waals surface area contributed by atoms with Gasteiger partial charge in [-0.05, 0) is 85.9 Å². The number of anilines is 1. The number of pyridine rings is 1. The molecule has 1 saturated heterocycles. The average Bonchev–Trinajstić information content (AvgIpc) is 3.65. The molecule has 2 aromatic carbocycles. The van der Waals surface area contributed by atoms with Crippen LogP contribution in [0.4, 0.5) is 23.5 Å². The summed E-state index contributed by atoms with van der Waals surface area (Å²) < 4.78 is 67.4. The van der Waals surface area contributed by atoms with Crippen molar-refractivity contribution in [2.24, 2.45) is 17.8 Å². The van der Waals surface area contributed by atoms with Crippen molar-refractivity contribution < 1.29 is 37.0 Å². The van der Waals surface area contributed by atoms with Gasteiger partial charge in [-0.2, -0.15) is 13.2 Å². The maximum absolute atomic E-state index is 15.3. The van der Waals surface area contributed by atoms with Gasteiger partial charge in [-0.1, -0.05) is 19.1 Å². The van der Waals surface area contributed by atoms with Crippen molar-refractivity contribution in [3.63, 3.8) is 0 Å². The van der Waals surface area contributed by atoms with E-state index in [-0.39, 0.29) is 47.2 Å². The molecular formula is C40H38F4N6O4. The molecule has 1 aliphatic heterocycles. The predicted molar refractivity (Wildman–Crippen MR) is 192 cm³/mol. The number of ether oxygens (including phenoxy) is 1. The summed E-state index contributed by atoms with van der Waals surface area (Å²) in [7, 11) is 0. The number of aliphatic carboxylic acids is 1. The topological polar surface area (TPSA) is 122 Å². The largest absolute Gasteiger partial charge is 0.490 e. The van der Waals surface area contributed by atoms with E-state index in [9.17, 15) is 27.9 Å². The van der Waals surface area contributed by atoms with Crippen LogP contribution in [0.5, 0.6) is 5.75 Å². The van der Waals surface area contributed by atoms with Crippen molar-refractivity contribution in [1.29, 1.82) is 0 Å². The number of carbonyl (C=O) groups excluding carboxylic acids is 1. The van der Waals surface area contributed by atoms with Crippen LogP contribution >= 0.6 is 0 Å². The number of hydrogen-bond acceptors (Lipinski definition) is 7. The molecule has 54 heavy (non-hydrogen) atoms. The van der Waals surface area contributed by atoms with Crippen LogP contribution in [0.25, 0.3) is 27.8 Å². The van der Waals surface area contributed by atoms with Crippen LogP contribution in [0.3, 0.4) is 0 Å². The molecular weight excluding hydrogens is 704 g/mol. The second-order valence-electron chi connectivity index (χ2n) is 14.8. The molecule has 3 aliphatic rings. The lowest BCUT2D eigenvalue weighted by Gasteiger charge is -2.33. The number of rotatable bonds is 8. The molecule has 14 heteroatoms. The number of aromatic nitrogens is 4. The number of alkyl halides is 3. The third-order valence-electron chi connectivity index (χ3n) is 11.2. The third kappa shape index (κ3) is 6.51. The number of fused-ring (bicyclic) bond motifs is 3. The summed E-state index contributed by atoms with van der Waals surface area (Å²) in [5.41, 5.74) is -3.04. The summed E-state index contributed by atoms with van der Waals surface area (Å²) in [5, 5.41) is 13.3. The van der Waals surface area contributed by atoms with E-state index in [4.69, 9.17) is 4.74 Å². The summed E-state index contributed by atoms with van der Waals surface area (Å²) in [6.07, 6.45) is 3.28. The zero-order valence-corrected chi connectivity index (χ0v) is 29.4. The van der Waals surface area contributed by atoms with E-state index in [1.54, 1.807) is 59.4 Å². The molecule has 4 unspecified atom stereocenters. The van der Waals surface area contributed by atoms with Crippen molar-refractivity contribution in [1.82, 2.24) is 24.8 Å². The highest BCUT2D eigenvalue weighted by molar-refractivity contribution is 6.01. The van der Waals surface area contributed by atoms with Gasteiger partial charge in [0.2, 0.25) is 5.95 Å². The lowest BCUT2D eigenvalue weighted by molar-refractivity contribution is -0.146. The second kappa shape index (κ2) is 13.7. The van der Waals surface area contributed by atoms with Crippen LogP contribution in [-0.4, -0.2) is 61.2 Å².